The highest BCUT2D eigenvalue weighted by Gasteiger charge is 2.18. The summed E-state index contributed by atoms with van der Waals surface area (Å²) < 4.78 is 5.47. The van der Waals surface area contributed by atoms with Crippen molar-refractivity contribution >= 4 is 11.9 Å². The first kappa shape index (κ1) is 72.8. The first-order valence-electron chi connectivity index (χ1n) is 33.4. The van der Waals surface area contributed by atoms with E-state index in [1.807, 2.05) is 6.08 Å². The highest BCUT2D eigenvalue weighted by atomic mass is 16.5. The number of rotatable bonds is 62. The van der Waals surface area contributed by atoms with E-state index in [1.165, 1.54) is 250 Å². The smallest absolute Gasteiger partial charge is 0.305 e. The first-order valence-corrected chi connectivity index (χ1v) is 33.4. The molecule has 0 aliphatic rings. The molecule has 1 amide bonds. The van der Waals surface area contributed by atoms with Gasteiger partial charge in [0.2, 0.25) is 5.91 Å². The number of esters is 1. The van der Waals surface area contributed by atoms with Crippen molar-refractivity contribution in [3.63, 3.8) is 0 Å². The van der Waals surface area contributed by atoms with E-state index in [9.17, 15) is 19.8 Å². The van der Waals surface area contributed by atoms with Gasteiger partial charge in [-0.05, 0) is 89.9 Å². The van der Waals surface area contributed by atoms with Crippen LogP contribution in [0.15, 0.2) is 48.6 Å². The van der Waals surface area contributed by atoms with Crippen LogP contribution in [0.2, 0.25) is 0 Å². The Hall–Kier alpha value is -2.18. The van der Waals surface area contributed by atoms with Gasteiger partial charge in [0.1, 0.15) is 0 Å². The van der Waals surface area contributed by atoms with E-state index >= 15 is 0 Å². The molecule has 75 heavy (non-hydrogen) atoms. The summed E-state index contributed by atoms with van der Waals surface area (Å²) in [5.74, 6) is -0.111. The molecular formula is C69H129NO5. The van der Waals surface area contributed by atoms with Crippen LogP contribution in [0.4, 0.5) is 0 Å². The van der Waals surface area contributed by atoms with Gasteiger partial charge in [-0.1, -0.05) is 300 Å². The Morgan fingerprint density at radius 2 is 0.667 bits per heavy atom. The van der Waals surface area contributed by atoms with Crippen LogP contribution in [0.3, 0.4) is 0 Å². The SMILES string of the molecule is CCCCCCCC/C=C\CCCCCCCCCCCC(=O)OCCCCC/C=C\C=C/CCCCCCCCC(=O)NC(CO)C(O)/C=C/CCCCCCCCCCCCCCCCCCCCCCCC. The number of aliphatic hydroxyl groups excluding tert-OH is 2. The summed E-state index contributed by atoms with van der Waals surface area (Å²) in [6, 6.07) is -0.647. The van der Waals surface area contributed by atoms with Gasteiger partial charge in [0.25, 0.3) is 0 Å². The lowest BCUT2D eigenvalue weighted by atomic mass is 10.0. The number of unbranched alkanes of at least 4 members (excludes halogenated alkanes) is 46. The van der Waals surface area contributed by atoms with E-state index in [0.29, 0.717) is 19.4 Å². The van der Waals surface area contributed by atoms with Gasteiger partial charge in [0.15, 0.2) is 0 Å². The van der Waals surface area contributed by atoms with Crippen molar-refractivity contribution in [3.05, 3.63) is 48.6 Å². The minimum Gasteiger partial charge on any atom is -0.466 e. The predicted molar refractivity (Wildman–Crippen MR) is 329 cm³/mol. The van der Waals surface area contributed by atoms with E-state index in [0.717, 1.165) is 77.0 Å². The Balaban J connectivity index is 3.52. The maximum absolute atomic E-state index is 12.5. The molecule has 0 aromatic heterocycles. The average Bonchev–Trinajstić information content (AvgIpc) is 3.41. The van der Waals surface area contributed by atoms with Crippen LogP contribution < -0.4 is 5.32 Å². The van der Waals surface area contributed by atoms with Crippen molar-refractivity contribution in [1.29, 1.82) is 0 Å². The zero-order chi connectivity index (χ0) is 54.3. The van der Waals surface area contributed by atoms with Gasteiger partial charge in [0.05, 0.1) is 25.4 Å². The number of hydrogen-bond acceptors (Lipinski definition) is 5. The summed E-state index contributed by atoms with van der Waals surface area (Å²) in [4.78, 5) is 24.6. The number of carbonyl (C=O) groups excluding carboxylic acids is 2. The van der Waals surface area contributed by atoms with E-state index in [-0.39, 0.29) is 18.5 Å². The van der Waals surface area contributed by atoms with E-state index < -0.39 is 12.1 Å². The molecule has 440 valence electrons. The standard InChI is InChI=1S/C69H129NO5/c1-3-5-7-9-11-13-15-17-19-21-23-24-25-26-27-29-30-33-37-41-45-49-53-57-61-67(72)66(65-71)70-68(73)62-58-54-50-46-42-38-34-32-36-40-44-48-52-56-60-64-75-69(74)63-59-55-51-47-43-39-35-31-28-22-20-18-16-14-12-10-8-6-4-2/h18,20,32,36,40,44,57,61,66-67,71-72H,3-17,19,21-31,33-35,37-39,41-43,45-56,58-60,62-65H2,1-2H3,(H,70,73)/b20-18-,36-32-,44-40-,61-57+. The molecule has 0 saturated carbocycles. The largest absolute Gasteiger partial charge is 0.466 e. The summed E-state index contributed by atoms with van der Waals surface area (Å²) in [7, 11) is 0. The molecule has 6 heteroatoms. The van der Waals surface area contributed by atoms with Crippen LogP contribution in [-0.2, 0) is 14.3 Å². The fourth-order valence-electron chi connectivity index (χ4n) is 10.2. The average molecular weight is 1050 g/mol. The summed E-state index contributed by atoms with van der Waals surface area (Å²) in [6.45, 7) is 4.87. The lowest BCUT2D eigenvalue weighted by Gasteiger charge is -2.20. The molecule has 0 fully saturated rings. The van der Waals surface area contributed by atoms with Crippen molar-refractivity contribution in [3.8, 4) is 0 Å². The van der Waals surface area contributed by atoms with Gasteiger partial charge in [0, 0.05) is 12.8 Å². The molecule has 0 aromatic rings. The number of allylic oxidation sites excluding steroid dienone is 7. The van der Waals surface area contributed by atoms with Gasteiger partial charge < -0.3 is 20.3 Å². The number of nitrogens with one attached hydrogen (secondary N) is 1. The fraction of sp³-hybridized carbons (Fsp3) is 0.855. The maximum Gasteiger partial charge on any atom is 0.305 e. The molecule has 0 bridgehead atoms. The Morgan fingerprint density at radius 3 is 1.03 bits per heavy atom. The third-order valence-electron chi connectivity index (χ3n) is 15.3. The summed E-state index contributed by atoms with van der Waals surface area (Å²) in [6.07, 6.45) is 83.1. The number of carbonyl (C=O) groups is 2. The van der Waals surface area contributed by atoms with Crippen LogP contribution in [0.1, 0.15) is 354 Å². The second-order valence-electron chi connectivity index (χ2n) is 22.8. The van der Waals surface area contributed by atoms with E-state index in [1.54, 1.807) is 6.08 Å². The highest BCUT2D eigenvalue weighted by molar-refractivity contribution is 5.76. The quantitative estimate of drug-likeness (QED) is 0.0244. The number of amides is 1. The molecule has 0 aliphatic heterocycles. The van der Waals surface area contributed by atoms with Gasteiger partial charge in [-0.3, -0.25) is 9.59 Å². The van der Waals surface area contributed by atoms with Crippen molar-refractivity contribution in [2.45, 2.75) is 366 Å². The maximum atomic E-state index is 12.5. The Kier molecular flexibility index (Phi) is 62.5. The first-order chi connectivity index (χ1) is 37.0. The van der Waals surface area contributed by atoms with E-state index in [2.05, 4.69) is 55.6 Å². The third-order valence-corrected chi connectivity index (χ3v) is 15.3. The Morgan fingerprint density at radius 1 is 0.373 bits per heavy atom. The number of aliphatic hydroxyl groups is 2. The van der Waals surface area contributed by atoms with Crippen molar-refractivity contribution in [2.75, 3.05) is 13.2 Å². The monoisotopic (exact) mass is 1050 g/mol. The molecule has 0 rings (SSSR count). The molecule has 2 unspecified atom stereocenters. The number of ether oxygens (including phenoxy) is 1. The summed E-state index contributed by atoms with van der Waals surface area (Å²) in [5.41, 5.74) is 0. The second kappa shape index (κ2) is 64.3. The lowest BCUT2D eigenvalue weighted by Crippen LogP contribution is -2.45. The van der Waals surface area contributed by atoms with Gasteiger partial charge in [-0.25, -0.2) is 0 Å². The van der Waals surface area contributed by atoms with Crippen molar-refractivity contribution < 1.29 is 24.5 Å². The Labute approximate surface area is 467 Å². The molecule has 3 N–H and O–H groups in total. The van der Waals surface area contributed by atoms with Crippen LogP contribution in [0.25, 0.3) is 0 Å². The van der Waals surface area contributed by atoms with Crippen molar-refractivity contribution in [1.82, 2.24) is 5.32 Å². The van der Waals surface area contributed by atoms with Crippen molar-refractivity contribution in [2.24, 2.45) is 0 Å². The minimum atomic E-state index is -0.861. The molecular weight excluding hydrogens is 923 g/mol. The summed E-state index contributed by atoms with van der Waals surface area (Å²) in [5, 5.41) is 23.2. The summed E-state index contributed by atoms with van der Waals surface area (Å²) >= 11 is 0. The normalized spacial score (nSPS) is 12.9. The van der Waals surface area contributed by atoms with Gasteiger partial charge in [-0.15, -0.1) is 0 Å². The second-order valence-corrected chi connectivity index (χ2v) is 22.8. The molecule has 0 aromatic carbocycles. The zero-order valence-electron chi connectivity index (χ0n) is 50.3. The molecule has 0 heterocycles. The van der Waals surface area contributed by atoms with E-state index in [4.69, 9.17) is 4.74 Å². The zero-order valence-corrected chi connectivity index (χ0v) is 50.3. The van der Waals surface area contributed by atoms with Crippen LogP contribution in [0, 0.1) is 0 Å². The number of hydrogen-bond donors (Lipinski definition) is 3. The molecule has 0 spiro atoms. The molecule has 0 radical (unpaired) electrons. The molecule has 0 saturated heterocycles. The van der Waals surface area contributed by atoms with Crippen LogP contribution >= 0.6 is 0 Å². The molecule has 6 nitrogen and oxygen atoms in total. The predicted octanol–water partition coefficient (Wildman–Crippen LogP) is 21.3. The van der Waals surface area contributed by atoms with Crippen LogP contribution in [0.5, 0.6) is 0 Å². The topological polar surface area (TPSA) is 95.9 Å². The highest BCUT2D eigenvalue weighted by Crippen LogP contribution is 2.17. The minimum absolute atomic E-state index is 0.0228. The van der Waals surface area contributed by atoms with Gasteiger partial charge in [-0.2, -0.15) is 0 Å². The van der Waals surface area contributed by atoms with Gasteiger partial charge >= 0.3 is 5.97 Å². The molecule has 2 atom stereocenters. The lowest BCUT2D eigenvalue weighted by molar-refractivity contribution is -0.143. The Bertz CT molecular complexity index is 1260. The van der Waals surface area contributed by atoms with Crippen LogP contribution in [-0.4, -0.2) is 47.4 Å². The third kappa shape index (κ3) is 60.9. The molecule has 0 aliphatic carbocycles. The fourth-order valence-corrected chi connectivity index (χ4v) is 10.2.